The van der Waals surface area contributed by atoms with Crippen molar-refractivity contribution in [3.8, 4) is 5.75 Å². The molecule has 0 aromatic heterocycles. The van der Waals surface area contributed by atoms with Crippen LogP contribution in [0.5, 0.6) is 5.75 Å². The van der Waals surface area contributed by atoms with Crippen molar-refractivity contribution in [2.24, 2.45) is 0 Å². The molecular formula is C11H13BrCl2O2. The van der Waals surface area contributed by atoms with Gasteiger partial charge in [0, 0.05) is 0 Å². The molecule has 0 saturated heterocycles. The average molecular weight is 328 g/mol. The van der Waals surface area contributed by atoms with Crippen LogP contribution >= 0.6 is 39.1 Å². The van der Waals surface area contributed by atoms with Gasteiger partial charge >= 0.3 is 0 Å². The molecule has 1 rings (SSSR count). The SMILES string of the molecule is CC(C)Oc1ccc(C(O)C(Cl)Cl)cc1Br. The van der Waals surface area contributed by atoms with Crippen molar-refractivity contribution < 1.29 is 9.84 Å². The van der Waals surface area contributed by atoms with Crippen molar-refractivity contribution in [2.75, 3.05) is 0 Å². The largest absolute Gasteiger partial charge is 0.490 e. The molecule has 0 amide bonds. The lowest BCUT2D eigenvalue weighted by Crippen LogP contribution is -2.08. The Morgan fingerprint density at radius 1 is 1.31 bits per heavy atom. The van der Waals surface area contributed by atoms with Crippen LogP contribution in [0.3, 0.4) is 0 Å². The van der Waals surface area contributed by atoms with Crippen LogP contribution < -0.4 is 4.74 Å². The summed E-state index contributed by atoms with van der Waals surface area (Å²) in [4.78, 5) is -0.844. The van der Waals surface area contributed by atoms with E-state index in [1.807, 2.05) is 13.8 Å². The Bertz CT molecular complexity index is 356. The number of hydrogen-bond acceptors (Lipinski definition) is 2. The lowest BCUT2D eigenvalue weighted by atomic mass is 10.1. The van der Waals surface area contributed by atoms with Crippen LogP contribution in [0, 0.1) is 0 Å². The molecule has 1 N–H and O–H groups in total. The lowest BCUT2D eigenvalue weighted by molar-refractivity contribution is 0.192. The number of benzene rings is 1. The molecule has 0 aliphatic rings. The zero-order valence-electron chi connectivity index (χ0n) is 8.95. The second kappa shape index (κ2) is 6.10. The van der Waals surface area contributed by atoms with E-state index in [0.717, 1.165) is 10.2 Å². The van der Waals surface area contributed by atoms with Gasteiger partial charge in [-0.2, -0.15) is 0 Å². The van der Waals surface area contributed by atoms with Crippen LogP contribution in [0.2, 0.25) is 0 Å². The van der Waals surface area contributed by atoms with Gasteiger partial charge in [-0.3, -0.25) is 0 Å². The first-order valence-corrected chi connectivity index (χ1v) is 6.50. The minimum atomic E-state index is -0.896. The number of aliphatic hydroxyl groups excluding tert-OH is 1. The summed E-state index contributed by atoms with van der Waals surface area (Å²) < 4.78 is 6.32. The van der Waals surface area contributed by atoms with Crippen LogP contribution in [0.25, 0.3) is 0 Å². The molecular weight excluding hydrogens is 315 g/mol. The molecule has 1 unspecified atom stereocenters. The monoisotopic (exact) mass is 326 g/mol. The summed E-state index contributed by atoms with van der Waals surface area (Å²) in [5.74, 6) is 0.728. The van der Waals surface area contributed by atoms with E-state index < -0.39 is 10.9 Å². The van der Waals surface area contributed by atoms with Crippen LogP contribution in [-0.2, 0) is 0 Å². The maximum atomic E-state index is 9.67. The molecule has 0 spiro atoms. The van der Waals surface area contributed by atoms with E-state index in [0.29, 0.717) is 5.56 Å². The number of alkyl halides is 2. The molecule has 0 aliphatic heterocycles. The molecule has 1 aromatic rings. The summed E-state index contributed by atoms with van der Waals surface area (Å²) in [6.07, 6.45) is -0.798. The molecule has 16 heavy (non-hydrogen) atoms. The predicted molar refractivity (Wildman–Crippen MR) is 70.4 cm³/mol. The molecule has 1 aromatic carbocycles. The minimum Gasteiger partial charge on any atom is -0.490 e. The van der Waals surface area contributed by atoms with Gasteiger partial charge in [0.1, 0.15) is 16.7 Å². The zero-order valence-corrected chi connectivity index (χ0v) is 12.1. The highest BCUT2D eigenvalue weighted by Gasteiger charge is 2.17. The fourth-order valence-corrected chi connectivity index (χ4v) is 1.98. The Labute approximate surface area is 114 Å². The molecule has 0 radical (unpaired) electrons. The Kier molecular flexibility index (Phi) is 5.38. The van der Waals surface area contributed by atoms with Crippen LogP contribution in [0.4, 0.5) is 0 Å². The summed E-state index contributed by atoms with van der Waals surface area (Å²) >= 11 is 14.6. The van der Waals surface area contributed by atoms with Crippen molar-refractivity contribution in [3.63, 3.8) is 0 Å². The van der Waals surface area contributed by atoms with Crippen LogP contribution in [-0.4, -0.2) is 16.0 Å². The highest BCUT2D eigenvalue weighted by Crippen LogP contribution is 2.31. The second-order valence-electron chi connectivity index (χ2n) is 3.64. The fourth-order valence-electron chi connectivity index (χ4n) is 1.20. The van der Waals surface area contributed by atoms with Crippen molar-refractivity contribution >= 4 is 39.1 Å². The number of rotatable bonds is 4. The van der Waals surface area contributed by atoms with Crippen molar-refractivity contribution in [1.29, 1.82) is 0 Å². The van der Waals surface area contributed by atoms with Gasteiger partial charge in [-0.05, 0) is 47.5 Å². The van der Waals surface area contributed by atoms with Crippen LogP contribution in [0.1, 0.15) is 25.5 Å². The van der Waals surface area contributed by atoms with Crippen LogP contribution in [0.15, 0.2) is 22.7 Å². The highest BCUT2D eigenvalue weighted by atomic mass is 79.9. The molecule has 90 valence electrons. The van der Waals surface area contributed by atoms with Crippen molar-refractivity contribution in [1.82, 2.24) is 0 Å². The van der Waals surface area contributed by atoms with Gasteiger partial charge in [-0.15, -0.1) is 23.2 Å². The van der Waals surface area contributed by atoms with Gasteiger partial charge < -0.3 is 9.84 Å². The van der Waals surface area contributed by atoms with Gasteiger partial charge in [0.25, 0.3) is 0 Å². The van der Waals surface area contributed by atoms with Crippen molar-refractivity contribution in [3.05, 3.63) is 28.2 Å². The minimum absolute atomic E-state index is 0.0980. The molecule has 0 fully saturated rings. The number of halogens is 3. The first-order valence-electron chi connectivity index (χ1n) is 4.84. The third kappa shape index (κ3) is 3.81. The van der Waals surface area contributed by atoms with Gasteiger partial charge in [0.15, 0.2) is 0 Å². The molecule has 2 nitrogen and oxygen atoms in total. The first-order chi connectivity index (χ1) is 7.41. The molecule has 0 heterocycles. The van der Waals surface area contributed by atoms with E-state index in [2.05, 4.69) is 15.9 Å². The molecule has 0 saturated carbocycles. The topological polar surface area (TPSA) is 29.5 Å². The standard InChI is InChI=1S/C11H13BrCl2O2/c1-6(2)16-9-4-3-7(5-8(9)12)10(15)11(13)14/h3-6,10-11,15H,1-2H3. The summed E-state index contributed by atoms with van der Waals surface area (Å²) in [6.45, 7) is 3.89. The van der Waals surface area contributed by atoms with E-state index in [1.165, 1.54) is 0 Å². The summed E-state index contributed by atoms with van der Waals surface area (Å²) in [5.41, 5.74) is 0.651. The predicted octanol–water partition coefficient (Wildman–Crippen LogP) is 4.07. The maximum absolute atomic E-state index is 9.67. The van der Waals surface area contributed by atoms with Gasteiger partial charge in [0.2, 0.25) is 0 Å². The Balaban J connectivity index is 2.90. The Hall–Kier alpha value is 0.0400. The highest BCUT2D eigenvalue weighted by molar-refractivity contribution is 9.10. The number of hydrogen-bond donors (Lipinski definition) is 1. The normalized spacial score (nSPS) is 13.2. The van der Waals surface area contributed by atoms with Gasteiger partial charge in [-0.25, -0.2) is 0 Å². The molecule has 1 atom stereocenters. The van der Waals surface area contributed by atoms with E-state index in [-0.39, 0.29) is 6.10 Å². The fraction of sp³-hybridized carbons (Fsp3) is 0.455. The van der Waals surface area contributed by atoms with Gasteiger partial charge in [0.05, 0.1) is 10.6 Å². The molecule has 5 heteroatoms. The molecule has 0 aliphatic carbocycles. The zero-order chi connectivity index (χ0) is 12.3. The second-order valence-corrected chi connectivity index (χ2v) is 5.65. The Morgan fingerprint density at radius 2 is 1.94 bits per heavy atom. The number of aliphatic hydroxyl groups is 1. The quantitative estimate of drug-likeness (QED) is 0.844. The third-order valence-electron chi connectivity index (χ3n) is 1.90. The van der Waals surface area contributed by atoms with E-state index in [4.69, 9.17) is 27.9 Å². The average Bonchev–Trinajstić information content (AvgIpc) is 2.19. The Morgan fingerprint density at radius 3 is 2.38 bits per heavy atom. The third-order valence-corrected chi connectivity index (χ3v) is 3.00. The van der Waals surface area contributed by atoms with Crippen molar-refractivity contribution in [2.45, 2.75) is 30.9 Å². The van der Waals surface area contributed by atoms with E-state index >= 15 is 0 Å². The maximum Gasteiger partial charge on any atom is 0.137 e. The summed E-state index contributed by atoms with van der Waals surface area (Å²) in [6, 6.07) is 5.27. The smallest absolute Gasteiger partial charge is 0.137 e. The first kappa shape index (κ1) is 14.1. The van der Waals surface area contributed by atoms with E-state index in [1.54, 1.807) is 18.2 Å². The summed E-state index contributed by atoms with van der Waals surface area (Å²) in [7, 11) is 0. The summed E-state index contributed by atoms with van der Waals surface area (Å²) in [5, 5.41) is 9.67. The lowest BCUT2D eigenvalue weighted by Gasteiger charge is -2.15. The van der Waals surface area contributed by atoms with E-state index in [9.17, 15) is 5.11 Å². The molecule has 0 bridgehead atoms. The van der Waals surface area contributed by atoms with Gasteiger partial charge in [-0.1, -0.05) is 6.07 Å². The number of ether oxygens (including phenoxy) is 1.